The van der Waals surface area contributed by atoms with Crippen molar-refractivity contribution in [3.05, 3.63) is 50.0 Å². The number of halogens is 1. The number of carbonyl (C=O) groups excluding carboxylic acids is 3. The average molecular weight is 403 g/mol. The van der Waals surface area contributed by atoms with Crippen molar-refractivity contribution < 1.29 is 19.3 Å². The number of hydrazine groups is 1. The Morgan fingerprint density at radius 1 is 1.32 bits per heavy atom. The molecule has 1 aliphatic rings. The van der Waals surface area contributed by atoms with E-state index in [-0.39, 0.29) is 26.7 Å². The van der Waals surface area contributed by atoms with Gasteiger partial charge in [-0.25, -0.2) is 0 Å². The fourth-order valence-electron chi connectivity index (χ4n) is 2.59. The number of benzene rings is 2. The number of hydrogen-bond donors (Lipinski definition) is 1. The average Bonchev–Trinajstić information content (AvgIpc) is 2.57. The third-order valence-corrected chi connectivity index (χ3v) is 4.45. The molecule has 0 saturated heterocycles. The molecule has 0 aromatic heterocycles. The molecule has 3 amide bonds. The van der Waals surface area contributed by atoms with Gasteiger partial charge in [-0.15, -0.1) is 0 Å². The second-order valence-electron chi connectivity index (χ2n) is 5.06. The number of imide groups is 1. The van der Waals surface area contributed by atoms with Crippen molar-refractivity contribution in [2.45, 2.75) is 6.42 Å². The third-order valence-electron chi connectivity index (χ3n) is 3.62. The fourth-order valence-corrected chi connectivity index (χ4v) is 3.18. The molecule has 3 rings (SSSR count). The number of nitro groups is 1. The summed E-state index contributed by atoms with van der Waals surface area (Å²) in [6.45, 7) is 0. The van der Waals surface area contributed by atoms with E-state index in [9.17, 15) is 24.5 Å². The van der Waals surface area contributed by atoms with E-state index >= 15 is 0 Å². The van der Waals surface area contributed by atoms with Crippen LogP contribution in [0.2, 0.25) is 0 Å². The van der Waals surface area contributed by atoms with Gasteiger partial charge in [0.25, 0.3) is 23.4 Å². The van der Waals surface area contributed by atoms with Crippen molar-refractivity contribution in [3.8, 4) is 6.07 Å². The highest BCUT2D eigenvalue weighted by molar-refractivity contribution is 9.10. The van der Waals surface area contributed by atoms with Crippen molar-refractivity contribution in [1.82, 2.24) is 10.4 Å². The molecule has 1 aliphatic heterocycles. The van der Waals surface area contributed by atoms with Gasteiger partial charge >= 0.3 is 0 Å². The lowest BCUT2D eigenvalue weighted by molar-refractivity contribution is -0.385. The normalized spacial score (nSPS) is 12.9. The summed E-state index contributed by atoms with van der Waals surface area (Å²) in [6.07, 6.45) is -0.547. The van der Waals surface area contributed by atoms with E-state index in [1.54, 1.807) is 12.1 Å². The van der Waals surface area contributed by atoms with E-state index in [0.717, 1.165) is 6.07 Å². The Morgan fingerprint density at radius 3 is 2.64 bits per heavy atom. The first-order valence-corrected chi connectivity index (χ1v) is 7.61. The number of rotatable bonds is 3. The van der Waals surface area contributed by atoms with Gasteiger partial charge in [0.05, 0.1) is 22.1 Å². The van der Waals surface area contributed by atoms with Crippen LogP contribution in [0.5, 0.6) is 0 Å². The third kappa shape index (κ3) is 2.50. The lowest BCUT2D eigenvalue weighted by Crippen LogP contribution is -2.51. The van der Waals surface area contributed by atoms with Crippen molar-refractivity contribution in [2.75, 3.05) is 0 Å². The van der Waals surface area contributed by atoms with E-state index in [4.69, 9.17) is 5.26 Å². The zero-order chi connectivity index (χ0) is 18.3. The molecule has 2 aromatic rings. The Morgan fingerprint density at radius 2 is 2.00 bits per heavy atom. The molecule has 124 valence electrons. The summed E-state index contributed by atoms with van der Waals surface area (Å²) in [5.41, 5.74) is 1.74. The van der Waals surface area contributed by atoms with Crippen LogP contribution in [0.25, 0.3) is 10.8 Å². The van der Waals surface area contributed by atoms with Gasteiger partial charge in [-0.3, -0.25) is 29.9 Å². The SMILES string of the molecule is N#CCC(=O)NN1C(=O)c2cccc3c(Br)c([N+](=O)[O-])cc(c23)C1=O. The molecule has 0 bridgehead atoms. The second kappa shape index (κ2) is 5.95. The standard InChI is InChI=1S/C15H7BrN4O5/c16-13-7-2-1-3-8-12(7)9(6-10(13)20(24)25)15(23)19(14(8)22)18-11(21)4-5-17/h1-3,6H,4H2,(H,18,21). The van der Waals surface area contributed by atoms with E-state index in [1.807, 2.05) is 0 Å². The van der Waals surface area contributed by atoms with Gasteiger partial charge in [0.15, 0.2) is 0 Å². The molecule has 9 nitrogen and oxygen atoms in total. The van der Waals surface area contributed by atoms with E-state index in [0.29, 0.717) is 10.4 Å². The Bertz CT molecular complexity index is 1030. The molecule has 25 heavy (non-hydrogen) atoms. The summed E-state index contributed by atoms with van der Waals surface area (Å²) in [4.78, 5) is 47.3. The van der Waals surface area contributed by atoms with Gasteiger partial charge in [-0.1, -0.05) is 12.1 Å². The summed E-state index contributed by atoms with van der Waals surface area (Å²) < 4.78 is 0.153. The number of carbonyl (C=O) groups is 3. The van der Waals surface area contributed by atoms with Crippen molar-refractivity contribution in [2.24, 2.45) is 0 Å². The maximum Gasteiger partial charge on any atom is 0.284 e. The van der Waals surface area contributed by atoms with Crippen LogP contribution in [0.1, 0.15) is 27.1 Å². The molecule has 2 aromatic carbocycles. The molecule has 0 radical (unpaired) electrons. The number of nitrogens with one attached hydrogen (secondary N) is 1. The Labute approximate surface area is 148 Å². The Kier molecular flexibility index (Phi) is 3.94. The molecule has 1 heterocycles. The van der Waals surface area contributed by atoms with Crippen molar-refractivity contribution >= 4 is 50.1 Å². The summed E-state index contributed by atoms with van der Waals surface area (Å²) in [5, 5.41) is 20.8. The minimum Gasteiger partial charge on any atom is -0.272 e. The molecule has 0 unspecified atom stereocenters. The van der Waals surface area contributed by atoms with Gasteiger partial charge in [0.1, 0.15) is 10.9 Å². The number of nitro benzene ring substituents is 1. The van der Waals surface area contributed by atoms with Crippen molar-refractivity contribution in [1.29, 1.82) is 5.26 Å². The minimum atomic E-state index is -0.907. The maximum atomic E-state index is 12.6. The Balaban J connectivity index is 2.25. The number of hydrogen-bond acceptors (Lipinski definition) is 6. The smallest absolute Gasteiger partial charge is 0.272 e. The highest BCUT2D eigenvalue weighted by atomic mass is 79.9. The molecule has 10 heteroatoms. The Hall–Kier alpha value is -3.32. The summed E-state index contributed by atoms with van der Waals surface area (Å²) in [6, 6.07) is 7.16. The first kappa shape index (κ1) is 16.5. The van der Waals surface area contributed by atoms with Gasteiger partial charge in [-0.2, -0.15) is 10.3 Å². The monoisotopic (exact) mass is 402 g/mol. The van der Waals surface area contributed by atoms with Crippen LogP contribution in [0.15, 0.2) is 28.7 Å². The molecule has 0 saturated carbocycles. The van der Waals surface area contributed by atoms with Crippen LogP contribution in [-0.2, 0) is 4.79 Å². The summed E-state index contributed by atoms with van der Waals surface area (Å²) >= 11 is 3.14. The number of nitriles is 1. The molecule has 0 atom stereocenters. The first-order chi connectivity index (χ1) is 11.9. The molecule has 0 spiro atoms. The lowest BCUT2D eigenvalue weighted by Gasteiger charge is -2.27. The lowest BCUT2D eigenvalue weighted by atomic mass is 9.94. The first-order valence-electron chi connectivity index (χ1n) is 6.81. The zero-order valence-electron chi connectivity index (χ0n) is 12.3. The molecule has 0 aliphatic carbocycles. The van der Waals surface area contributed by atoms with Gasteiger partial charge < -0.3 is 0 Å². The largest absolute Gasteiger partial charge is 0.284 e. The highest BCUT2D eigenvalue weighted by Crippen LogP contribution is 2.39. The van der Waals surface area contributed by atoms with Crippen LogP contribution in [0.3, 0.4) is 0 Å². The number of amides is 3. The van der Waals surface area contributed by atoms with Crippen LogP contribution in [0.4, 0.5) is 5.69 Å². The quantitative estimate of drug-likeness (QED) is 0.474. The van der Waals surface area contributed by atoms with Gasteiger partial charge in [-0.05, 0) is 22.0 Å². The van der Waals surface area contributed by atoms with Gasteiger partial charge in [0.2, 0.25) is 0 Å². The van der Waals surface area contributed by atoms with Crippen LogP contribution in [-0.4, -0.2) is 27.7 Å². The van der Waals surface area contributed by atoms with Crippen LogP contribution >= 0.6 is 15.9 Å². The maximum absolute atomic E-state index is 12.6. The van der Waals surface area contributed by atoms with E-state index in [2.05, 4.69) is 21.4 Å². The topological polar surface area (TPSA) is 133 Å². The molecule has 1 N–H and O–H groups in total. The number of nitrogens with zero attached hydrogens (tertiary/aromatic N) is 3. The predicted molar refractivity (Wildman–Crippen MR) is 87.2 cm³/mol. The van der Waals surface area contributed by atoms with E-state index in [1.165, 1.54) is 12.1 Å². The molecular formula is C15H7BrN4O5. The second-order valence-corrected chi connectivity index (χ2v) is 5.85. The minimum absolute atomic E-state index is 0.0858. The molecular weight excluding hydrogens is 396 g/mol. The summed E-state index contributed by atoms with van der Waals surface area (Å²) in [5.74, 6) is -2.53. The highest BCUT2D eigenvalue weighted by Gasteiger charge is 2.36. The van der Waals surface area contributed by atoms with E-state index < -0.39 is 29.1 Å². The van der Waals surface area contributed by atoms with Crippen LogP contribution in [0, 0.1) is 21.4 Å². The fraction of sp³-hybridized carbons (Fsp3) is 0.0667. The zero-order valence-corrected chi connectivity index (χ0v) is 13.9. The predicted octanol–water partition coefficient (Wildman–Crippen LogP) is 2.05. The van der Waals surface area contributed by atoms with Crippen molar-refractivity contribution in [3.63, 3.8) is 0 Å². The van der Waals surface area contributed by atoms with Gasteiger partial charge in [0, 0.05) is 16.8 Å². The summed E-state index contributed by atoms with van der Waals surface area (Å²) in [7, 11) is 0. The molecule has 0 fully saturated rings. The van der Waals surface area contributed by atoms with Crippen LogP contribution < -0.4 is 5.43 Å².